The summed E-state index contributed by atoms with van der Waals surface area (Å²) in [5.41, 5.74) is 0.454. The quantitative estimate of drug-likeness (QED) is 0.616. The largest absolute Gasteiger partial charge is 0.389 e. The molecule has 1 amide bonds. The molecule has 0 saturated heterocycles. The fourth-order valence-corrected chi connectivity index (χ4v) is 2.87. The molecule has 130 valence electrons. The Bertz CT molecular complexity index is 653. The minimum absolute atomic E-state index is 0.0465. The normalized spacial score (nSPS) is 12.1. The van der Waals surface area contributed by atoms with Crippen molar-refractivity contribution in [2.75, 3.05) is 25.0 Å². The van der Waals surface area contributed by atoms with E-state index in [1.54, 1.807) is 29.5 Å². The lowest BCUT2D eigenvalue weighted by Gasteiger charge is -2.12. The third-order valence-electron chi connectivity index (χ3n) is 3.00. The van der Waals surface area contributed by atoms with Crippen LogP contribution in [0.5, 0.6) is 0 Å². The fourth-order valence-electron chi connectivity index (χ4n) is 1.89. The highest BCUT2D eigenvalue weighted by Crippen LogP contribution is 2.25. The first-order valence-electron chi connectivity index (χ1n) is 7.28. The number of hydrogen-bond acceptors (Lipinski definition) is 5. The van der Waals surface area contributed by atoms with Gasteiger partial charge in [-0.15, -0.1) is 11.3 Å². The summed E-state index contributed by atoms with van der Waals surface area (Å²) in [6.07, 6.45) is -0.687. The highest BCUT2D eigenvalue weighted by molar-refractivity contribution is 7.09. The van der Waals surface area contributed by atoms with Crippen LogP contribution in [-0.2, 0) is 16.1 Å². The molecule has 0 spiro atoms. The summed E-state index contributed by atoms with van der Waals surface area (Å²) in [5.74, 6) is -0.272. The van der Waals surface area contributed by atoms with Gasteiger partial charge in [0.25, 0.3) is 0 Å². The van der Waals surface area contributed by atoms with E-state index in [9.17, 15) is 9.90 Å². The Morgan fingerprint density at radius 2 is 2.17 bits per heavy atom. The molecule has 1 atom stereocenters. The number of benzene rings is 1. The Hall–Kier alpha value is -1.15. The summed E-state index contributed by atoms with van der Waals surface area (Å²) in [6, 6.07) is 8.76. The topological polar surface area (TPSA) is 70.6 Å². The van der Waals surface area contributed by atoms with Gasteiger partial charge in [-0.1, -0.05) is 29.3 Å². The molecule has 0 aliphatic heterocycles. The summed E-state index contributed by atoms with van der Waals surface area (Å²) >= 11 is 13.4. The maximum absolute atomic E-state index is 11.8. The van der Waals surface area contributed by atoms with Gasteiger partial charge in [0.2, 0.25) is 5.91 Å². The zero-order valence-corrected chi connectivity index (χ0v) is 15.1. The van der Waals surface area contributed by atoms with Crippen LogP contribution in [0, 0.1) is 0 Å². The number of anilines is 1. The number of halogens is 2. The molecule has 1 unspecified atom stereocenters. The Kier molecular flexibility index (Phi) is 7.98. The van der Waals surface area contributed by atoms with Gasteiger partial charge in [-0.2, -0.15) is 0 Å². The summed E-state index contributed by atoms with van der Waals surface area (Å²) < 4.78 is 5.41. The van der Waals surface area contributed by atoms with E-state index in [-0.39, 0.29) is 25.6 Å². The van der Waals surface area contributed by atoms with Gasteiger partial charge in [0.05, 0.1) is 36.6 Å². The van der Waals surface area contributed by atoms with Crippen molar-refractivity contribution in [3.8, 4) is 0 Å². The second kappa shape index (κ2) is 9.98. The molecule has 8 heteroatoms. The number of aliphatic hydroxyl groups is 1. The maximum Gasteiger partial charge on any atom is 0.238 e. The van der Waals surface area contributed by atoms with Crippen molar-refractivity contribution < 1.29 is 14.6 Å². The number of ether oxygens (including phenoxy) is 1. The van der Waals surface area contributed by atoms with E-state index in [1.165, 1.54) is 0 Å². The molecule has 24 heavy (non-hydrogen) atoms. The van der Waals surface area contributed by atoms with Crippen molar-refractivity contribution in [1.82, 2.24) is 5.32 Å². The number of thiophene rings is 1. The molecule has 0 fully saturated rings. The first kappa shape index (κ1) is 19.2. The lowest BCUT2D eigenvalue weighted by molar-refractivity contribution is -0.115. The van der Waals surface area contributed by atoms with Gasteiger partial charge >= 0.3 is 0 Å². The summed E-state index contributed by atoms with van der Waals surface area (Å²) in [4.78, 5) is 12.9. The van der Waals surface area contributed by atoms with Crippen LogP contribution in [0.2, 0.25) is 10.0 Å². The van der Waals surface area contributed by atoms with Crippen LogP contribution in [-0.4, -0.2) is 36.8 Å². The predicted molar refractivity (Wildman–Crippen MR) is 97.9 cm³/mol. The highest BCUT2D eigenvalue weighted by atomic mass is 35.5. The van der Waals surface area contributed by atoms with E-state index in [2.05, 4.69) is 10.6 Å². The molecule has 2 rings (SSSR count). The highest BCUT2D eigenvalue weighted by Gasteiger charge is 2.09. The Morgan fingerprint density at radius 1 is 1.33 bits per heavy atom. The lowest BCUT2D eigenvalue weighted by Crippen LogP contribution is -2.35. The Balaban J connectivity index is 1.62. The maximum atomic E-state index is 11.8. The molecule has 1 aromatic carbocycles. The molecule has 1 heterocycles. The van der Waals surface area contributed by atoms with E-state index < -0.39 is 6.10 Å². The zero-order valence-electron chi connectivity index (χ0n) is 12.8. The van der Waals surface area contributed by atoms with Gasteiger partial charge in [-0.3, -0.25) is 4.79 Å². The summed E-state index contributed by atoms with van der Waals surface area (Å²) in [7, 11) is 0. The van der Waals surface area contributed by atoms with Crippen molar-refractivity contribution >= 4 is 46.1 Å². The van der Waals surface area contributed by atoms with Crippen LogP contribution >= 0.6 is 34.5 Å². The van der Waals surface area contributed by atoms with Crippen LogP contribution in [0.25, 0.3) is 0 Å². The van der Waals surface area contributed by atoms with Gasteiger partial charge in [-0.25, -0.2) is 0 Å². The van der Waals surface area contributed by atoms with E-state index in [0.29, 0.717) is 22.3 Å². The number of nitrogens with one attached hydrogen (secondary N) is 2. The van der Waals surface area contributed by atoms with Crippen LogP contribution < -0.4 is 10.6 Å². The molecule has 1 aromatic heterocycles. The van der Waals surface area contributed by atoms with E-state index in [4.69, 9.17) is 27.9 Å². The molecule has 0 saturated carbocycles. The molecular weight excluding hydrogens is 371 g/mol. The average Bonchev–Trinajstić information content (AvgIpc) is 3.04. The van der Waals surface area contributed by atoms with E-state index >= 15 is 0 Å². The predicted octanol–water partition coefficient (Wildman–Crippen LogP) is 3.16. The second-order valence-electron chi connectivity index (χ2n) is 5.05. The van der Waals surface area contributed by atoms with Crippen molar-refractivity contribution in [1.29, 1.82) is 0 Å². The number of aliphatic hydroxyl groups excluding tert-OH is 1. The number of hydrogen-bond donors (Lipinski definition) is 3. The third kappa shape index (κ3) is 6.76. The van der Waals surface area contributed by atoms with Gasteiger partial charge in [0, 0.05) is 16.4 Å². The minimum Gasteiger partial charge on any atom is -0.389 e. The average molecular weight is 389 g/mol. The monoisotopic (exact) mass is 388 g/mol. The smallest absolute Gasteiger partial charge is 0.238 e. The summed E-state index contributed by atoms with van der Waals surface area (Å²) in [5, 5.41) is 18.2. The van der Waals surface area contributed by atoms with Gasteiger partial charge < -0.3 is 20.5 Å². The second-order valence-corrected chi connectivity index (χ2v) is 6.93. The molecule has 3 N–H and O–H groups in total. The zero-order chi connectivity index (χ0) is 17.4. The van der Waals surface area contributed by atoms with E-state index in [0.717, 1.165) is 4.88 Å². The molecule has 0 radical (unpaired) electrons. The fraction of sp³-hybridized carbons (Fsp3) is 0.312. The van der Waals surface area contributed by atoms with E-state index in [1.807, 2.05) is 17.5 Å². The van der Waals surface area contributed by atoms with Crippen LogP contribution in [0.15, 0.2) is 35.7 Å². The van der Waals surface area contributed by atoms with Crippen molar-refractivity contribution in [2.45, 2.75) is 12.7 Å². The van der Waals surface area contributed by atoms with Crippen LogP contribution in [0.3, 0.4) is 0 Å². The first-order chi connectivity index (χ1) is 11.5. The SMILES string of the molecule is O=C(CNCC(O)COCc1cccs1)Nc1cc(Cl)ccc1Cl. The molecule has 0 aliphatic carbocycles. The lowest BCUT2D eigenvalue weighted by atomic mass is 10.3. The molecule has 5 nitrogen and oxygen atoms in total. The molecular formula is C16H18Cl2N2O3S. The van der Waals surface area contributed by atoms with Crippen molar-refractivity contribution in [2.24, 2.45) is 0 Å². The Labute approximate surface area is 154 Å². The van der Waals surface area contributed by atoms with Gasteiger partial charge in [0.15, 0.2) is 0 Å². The third-order valence-corrected chi connectivity index (χ3v) is 4.42. The molecule has 0 aliphatic rings. The first-order valence-corrected chi connectivity index (χ1v) is 8.92. The minimum atomic E-state index is -0.687. The molecule has 2 aromatic rings. The number of carbonyl (C=O) groups excluding carboxylic acids is 1. The van der Waals surface area contributed by atoms with Crippen molar-refractivity contribution in [3.05, 3.63) is 50.6 Å². The number of rotatable bonds is 9. The number of amides is 1. The summed E-state index contributed by atoms with van der Waals surface area (Å²) in [6.45, 7) is 0.973. The van der Waals surface area contributed by atoms with Crippen molar-refractivity contribution in [3.63, 3.8) is 0 Å². The standard InChI is InChI=1S/C16H18Cl2N2O3S/c17-11-3-4-14(18)15(6-11)20-16(22)8-19-7-12(21)9-23-10-13-2-1-5-24-13/h1-6,12,19,21H,7-10H2,(H,20,22). The Morgan fingerprint density at radius 3 is 2.92 bits per heavy atom. The van der Waals surface area contributed by atoms with Crippen LogP contribution in [0.4, 0.5) is 5.69 Å². The number of carbonyl (C=O) groups is 1. The molecule has 0 bridgehead atoms. The van der Waals surface area contributed by atoms with Gasteiger partial charge in [0.1, 0.15) is 0 Å². The van der Waals surface area contributed by atoms with Gasteiger partial charge in [-0.05, 0) is 29.6 Å². The van der Waals surface area contributed by atoms with Crippen LogP contribution in [0.1, 0.15) is 4.88 Å².